The van der Waals surface area contributed by atoms with Crippen LogP contribution in [0.2, 0.25) is 0 Å². The Labute approximate surface area is 151 Å². The van der Waals surface area contributed by atoms with Crippen molar-refractivity contribution in [3.05, 3.63) is 65.2 Å². The molecule has 2 heterocycles. The van der Waals surface area contributed by atoms with Crippen LogP contribution in [0.1, 0.15) is 34.3 Å². The smallest absolute Gasteiger partial charge is 0.188 e. The number of carbonyl (C=O) groups is 1. The standard InChI is InChI=1S/C21H21NO4/c23-13-18(25)15-6-4-14(5-7-15)16-12-21(8-10-22-11-9-21)26-19-3-1-2-17(24)20(16)19/h1-7,12,22-24H,8-11,13H2. The molecule has 2 aromatic rings. The van der Waals surface area contributed by atoms with Crippen LogP contribution >= 0.6 is 0 Å². The van der Waals surface area contributed by atoms with Crippen molar-refractivity contribution in [2.75, 3.05) is 19.7 Å². The fourth-order valence-corrected chi connectivity index (χ4v) is 3.71. The number of Topliss-reactive ketones (excluding diaryl/α,β-unsaturated/α-hetero) is 1. The molecule has 134 valence electrons. The molecule has 5 heteroatoms. The van der Waals surface area contributed by atoms with Crippen molar-refractivity contribution in [2.24, 2.45) is 0 Å². The summed E-state index contributed by atoms with van der Waals surface area (Å²) < 4.78 is 6.31. The van der Waals surface area contributed by atoms with Gasteiger partial charge < -0.3 is 20.3 Å². The average molecular weight is 351 g/mol. The van der Waals surface area contributed by atoms with E-state index < -0.39 is 6.61 Å². The quantitative estimate of drug-likeness (QED) is 0.741. The molecule has 5 nitrogen and oxygen atoms in total. The first-order chi connectivity index (χ1) is 12.6. The van der Waals surface area contributed by atoms with Crippen LogP contribution in [-0.2, 0) is 0 Å². The lowest BCUT2D eigenvalue weighted by Gasteiger charge is -2.40. The Hall–Kier alpha value is -2.63. The first-order valence-corrected chi connectivity index (χ1v) is 8.81. The van der Waals surface area contributed by atoms with Crippen LogP contribution in [0.3, 0.4) is 0 Å². The van der Waals surface area contributed by atoms with Crippen molar-refractivity contribution in [2.45, 2.75) is 18.4 Å². The molecule has 2 aromatic carbocycles. The second kappa shape index (κ2) is 6.59. The second-order valence-electron chi connectivity index (χ2n) is 6.78. The fraction of sp³-hybridized carbons (Fsp3) is 0.286. The van der Waals surface area contributed by atoms with Gasteiger partial charge in [-0.25, -0.2) is 0 Å². The zero-order chi connectivity index (χ0) is 18.1. The molecule has 3 N–H and O–H groups in total. The third kappa shape index (κ3) is 2.89. The Balaban J connectivity index is 1.82. The van der Waals surface area contributed by atoms with E-state index in [0.29, 0.717) is 16.9 Å². The van der Waals surface area contributed by atoms with E-state index in [2.05, 4.69) is 11.4 Å². The van der Waals surface area contributed by atoms with Crippen molar-refractivity contribution in [3.63, 3.8) is 0 Å². The third-order valence-electron chi connectivity index (χ3n) is 5.11. The van der Waals surface area contributed by atoms with E-state index in [-0.39, 0.29) is 17.1 Å². The molecule has 0 atom stereocenters. The molecule has 4 rings (SSSR count). The van der Waals surface area contributed by atoms with Gasteiger partial charge in [0.25, 0.3) is 0 Å². The van der Waals surface area contributed by atoms with E-state index in [1.54, 1.807) is 24.3 Å². The second-order valence-corrected chi connectivity index (χ2v) is 6.78. The summed E-state index contributed by atoms with van der Waals surface area (Å²) in [5.41, 5.74) is 2.58. The predicted octanol–water partition coefficient (Wildman–Crippen LogP) is 2.51. The molecular formula is C21H21NO4. The van der Waals surface area contributed by atoms with Crippen molar-refractivity contribution >= 4 is 11.4 Å². The number of fused-ring (bicyclic) bond motifs is 1. The summed E-state index contributed by atoms with van der Waals surface area (Å²) in [5, 5.41) is 22.8. The predicted molar refractivity (Wildman–Crippen MR) is 98.5 cm³/mol. The Kier molecular flexibility index (Phi) is 4.26. The Morgan fingerprint density at radius 2 is 1.85 bits per heavy atom. The summed E-state index contributed by atoms with van der Waals surface area (Å²) in [6, 6.07) is 12.4. The third-order valence-corrected chi connectivity index (χ3v) is 5.11. The van der Waals surface area contributed by atoms with Gasteiger partial charge in [0, 0.05) is 18.4 Å². The number of piperidine rings is 1. The number of aliphatic hydroxyl groups excluding tert-OH is 1. The Morgan fingerprint density at radius 3 is 2.54 bits per heavy atom. The van der Waals surface area contributed by atoms with Crippen LogP contribution in [0.5, 0.6) is 11.5 Å². The lowest BCUT2D eigenvalue weighted by atomic mass is 9.83. The maximum atomic E-state index is 11.7. The lowest BCUT2D eigenvalue weighted by Crippen LogP contribution is -2.46. The van der Waals surface area contributed by atoms with E-state index in [0.717, 1.165) is 37.1 Å². The lowest BCUT2D eigenvalue weighted by molar-refractivity contribution is 0.0813. The van der Waals surface area contributed by atoms with Crippen molar-refractivity contribution in [1.29, 1.82) is 0 Å². The van der Waals surface area contributed by atoms with Gasteiger partial charge >= 0.3 is 0 Å². The number of phenolic OH excluding ortho intramolecular Hbond substituents is 1. The first kappa shape index (κ1) is 16.8. The molecule has 1 spiro atoms. The number of aromatic hydroxyl groups is 1. The van der Waals surface area contributed by atoms with Crippen molar-refractivity contribution in [1.82, 2.24) is 5.32 Å². The van der Waals surface area contributed by atoms with E-state index >= 15 is 0 Å². The van der Waals surface area contributed by atoms with Crippen LogP contribution in [0, 0.1) is 0 Å². The zero-order valence-corrected chi connectivity index (χ0v) is 14.4. The van der Waals surface area contributed by atoms with Crippen molar-refractivity contribution in [3.8, 4) is 11.5 Å². The first-order valence-electron chi connectivity index (χ1n) is 8.81. The summed E-state index contributed by atoms with van der Waals surface area (Å²) in [5.74, 6) is 0.545. The van der Waals surface area contributed by atoms with Crippen LogP contribution in [0.15, 0.2) is 48.5 Å². The topological polar surface area (TPSA) is 78.8 Å². The molecule has 0 aliphatic carbocycles. The molecule has 0 amide bonds. The van der Waals surface area contributed by atoms with Crippen LogP contribution in [-0.4, -0.2) is 41.3 Å². The molecule has 2 aliphatic rings. The van der Waals surface area contributed by atoms with Crippen molar-refractivity contribution < 1.29 is 19.7 Å². The molecule has 1 saturated heterocycles. The van der Waals surface area contributed by atoms with Gasteiger partial charge in [-0.05, 0) is 42.4 Å². The fourth-order valence-electron chi connectivity index (χ4n) is 3.71. The summed E-state index contributed by atoms with van der Waals surface area (Å²) >= 11 is 0. The summed E-state index contributed by atoms with van der Waals surface area (Å²) in [4.78, 5) is 11.7. The van der Waals surface area contributed by atoms with Gasteiger partial charge in [0.15, 0.2) is 5.78 Å². The number of carbonyl (C=O) groups excluding carboxylic acids is 1. The van der Waals surface area contributed by atoms with Gasteiger partial charge in [-0.1, -0.05) is 30.3 Å². The largest absolute Gasteiger partial charge is 0.507 e. The number of nitrogens with one attached hydrogen (secondary N) is 1. The highest BCUT2D eigenvalue weighted by atomic mass is 16.5. The summed E-state index contributed by atoms with van der Waals surface area (Å²) in [6.07, 6.45) is 3.82. The van der Waals surface area contributed by atoms with E-state index in [1.807, 2.05) is 18.2 Å². The highest BCUT2D eigenvalue weighted by Crippen LogP contribution is 2.46. The van der Waals surface area contributed by atoms with Crippen LogP contribution in [0.25, 0.3) is 5.57 Å². The Bertz CT molecular complexity index is 864. The molecular weight excluding hydrogens is 330 g/mol. The normalized spacial score (nSPS) is 18.0. The van der Waals surface area contributed by atoms with E-state index in [4.69, 9.17) is 9.84 Å². The highest BCUT2D eigenvalue weighted by Gasteiger charge is 2.37. The molecule has 0 radical (unpaired) electrons. The molecule has 1 fully saturated rings. The number of benzene rings is 2. The number of hydrogen-bond donors (Lipinski definition) is 3. The summed E-state index contributed by atoms with van der Waals surface area (Å²) in [7, 11) is 0. The zero-order valence-electron chi connectivity index (χ0n) is 14.4. The van der Waals surface area contributed by atoms with Gasteiger partial charge in [-0.15, -0.1) is 0 Å². The molecule has 0 unspecified atom stereocenters. The van der Waals surface area contributed by atoms with Gasteiger partial charge in [0.2, 0.25) is 0 Å². The van der Waals surface area contributed by atoms with Gasteiger partial charge in [-0.3, -0.25) is 4.79 Å². The summed E-state index contributed by atoms with van der Waals surface area (Å²) in [6.45, 7) is 1.25. The minimum Gasteiger partial charge on any atom is -0.507 e. The van der Waals surface area contributed by atoms with Gasteiger partial charge in [0.05, 0.1) is 5.56 Å². The van der Waals surface area contributed by atoms with Crippen LogP contribution in [0.4, 0.5) is 0 Å². The van der Waals surface area contributed by atoms with Gasteiger partial charge in [-0.2, -0.15) is 0 Å². The van der Waals surface area contributed by atoms with Crippen LogP contribution < -0.4 is 10.1 Å². The molecule has 0 aromatic heterocycles. The number of hydrogen-bond acceptors (Lipinski definition) is 5. The SMILES string of the molecule is O=C(CO)c1ccc(C2=CC3(CCNCC3)Oc3cccc(O)c32)cc1. The number of ether oxygens (including phenoxy) is 1. The highest BCUT2D eigenvalue weighted by molar-refractivity contribution is 5.97. The van der Waals surface area contributed by atoms with Gasteiger partial charge in [0.1, 0.15) is 23.7 Å². The minimum absolute atomic E-state index is 0.174. The maximum Gasteiger partial charge on any atom is 0.188 e. The molecule has 2 aliphatic heterocycles. The number of rotatable bonds is 3. The monoisotopic (exact) mass is 351 g/mol. The molecule has 26 heavy (non-hydrogen) atoms. The van der Waals surface area contributed by atoms with E-state index in [9.17, 15) is 9.90 Å². The molecule has 0 bridgehead atoms. The number of phenols is 1. The number of ketones is 1. The maximum absolute atomic E-state index is 11.7. The average Bonchev–Trinajstić information content (AvgIpc) is 2.67. The Morgan fingerprint density at radius 1 is 1.12 bits per heavy atom. The number of aliphatic hydroxyl groups is 1. The molecule has 0 saturated carbocycles. The minimum atomic E-state index is -0.504. The van der Waals surface area contributed by atoms with E-state index in [1.165, 1.54) is 0 Å².